The summed E-state index contributed by atoms with van der Waals surface area (Å²) in [7, 11) is -3.75. The summed E-state index contributed by atoms with van der Waals surface area (Å²) < 4.78 is 27.5. The maximum absolute atomic E-state index is 13.1. The number of benzene rings is 1. The Hall–Kier alpha value is -4.72. The van der Waals surface area contributed by atoms with Crippen molar-refractivity contribution in [3.63, 3.8) is 0 Å². The summed E-state index contributed by atoms with van der Waals surface area (Å²) in [5.74, 6) is 0.202. The number of fused-ring (bicyclic) bond motifs is 3. The van der Waals surface area contributed by atoms with Gasteiger partial charge in [-0.1, -0.05) is 30.3 Å². The van der Waals surface area contributed by atoms with Gasteiger partial charge in [0.1, 0.15) is 10.7 Å². The molecular weight excluding hydrogens is 544 g/mol. The second-order valence-electron chi connectivity index (χ2n) is 10.6. The zero-order valence-electron chi connectivity index (χ0n) is 22.0. The maximum atomic E-state index is 13.1. The summed E-state index contributed by atoms with van der Waals surface area (Å²) in [5, 5.41) is 14.6. The number of H-pyrrole nitrogens is 1. The number of aromatic nitrogens is 8. The minimum Gasteiger partial charge on any atom is -0.382 e. The van der Waals surface area contributed by atoms with Gasteiger partial charge < -0.3 is 10.6 Å². The number of nitrogens with one attached hydrogen (secondary N) is 1. The van der Waals surface area contributed by atoms with E-state index in [2.05, 4.69) is 30.5 Å². The highest BCUT2D eigenvalue weighted by atomic mass is 32.2. The third kappa shape index (κ3) is 4.22. The molecule has 3 atom stereocenters. The molecule has 2 aliphatic heterocycles. The van der Waals surface area contributed by atoms with E-state index in [9.17, 15) is 13.2 Å². The highest BCUT2D eigenvalue weighted by molar-refractivity contribution is 7.91. The first-order valence-corrected chi connectivity index (χ1v) is 15.1. The SMILES string of the molecule is CS(=O)(=O)c1c([C@H]2C[C@H]3CC[C@@H](C2)N3C(=O)c2cn[nH]n2)nc2c(-c3cnc(-c4ccccc4)nc3)cnn2c1N. The van der Waals surface area contributed by atoms with Crippen LogP contribution >= 0.6 is 0 Å². The molecule has 2 bridgehead atoms. The molecule has 0 radical (unpaired) electrons. The van der Waals surface area contributed by atoms with Gasteiger partial charge in [0, 0.05) is 53.3 Å². The van der Waals surface area contributed by atoms with Crippen LogP contribution in [-0.2, 0) is 9.84 Å². The predicted octanol–water partition coefficient (Wildman–Crippen LogP) is 2.51. The highest BCUT2D eigenvalue weighted by Gasteiger charge is 2.46. The van der Waals surface area contributed by atoms with Gasteiger partial charge in [-0.05, 0) is 25.7 Å². The van der Waals surface area contributed by atoms with Crippen LogP contribution < -0.4 is 5.73 Å². The molecule has 4 aromatic heterocycles. The van der Waals surface area contributed by atoms with E-state index in [-0.39, 0.29) is 40.3 Å². The van der Waals surface area contributed by atoms with Crippen molar-refractivity contribution >= 4 is 27.2 Å². The first kappa shape index (κ1) is 25.3. The first-order valence-electron chi connectivity index (χ1n) is 13.2. The lowest BCUT2D eigenvalue weighted by Gasteiger charge is -2.38. The van der Waals surface area contributed by atoms with Crippen LogP contribution in [0.2, 0.25) is 0 Å². The lowest BCUT2D eigenvalue weighted by molar-refractivity contribution is 0.0562. The number of hydrogen-bond acceptors (Lipinski definition) is 10. The number of sulfone groups is 1. The van der Waals surface area contributed by atoms with Crippen LogP contribution in [0.3, 0.4) is 0 Å². The Balaban J connectivity index is 1.29. The molecule has 13 nitrogen and oxygen atoms in total. The Labute approximate surface area is 234 Å². The maximum Gasteiger partial charge on any atom is 0.276 e. The van der Waals surface area contributed by atoms with Gasteiger partial charge in [-0.2, -0.15) is 25.0 Å². The van der Waals surface area contributed by atoms with Crippen molar-refractivity contribution in [3.05, 3.63) is 66.5 Å². The van der Waals surface area contributed by atoms with Gasteiger partial charge in [0.05, 0.1) is 18.1 Å². The zero-order valence-corrected chi connectivity index (χ0v) is 22.9. The summed E-state index contributed by atoms with van der Waals surface area (Å²) in [6, 6.07) is 9.50. The third-order valence-electron chi connectivity index (χ3n) is 8.02. The van der Waals surface area contributed by atoms with Crippen molar-refractivity contribution in [2.45, 2.75) is 48.6 Å². The number of nitrogen functional groups attached to an aromatic ring is 1. The molecule has 5 aromatic rings. The van der Waals surface area contributed by atoms with Crippen LogP contribution in [0.25, 0.3) is 28.2 Å². The predicted molar refractivity (Wildman–Crippen MR) is 148 cm³/mol. The number of carbonyl (C=O) groups excluding carboxylic acids is 1. The quantitative estimate of drug-likeness (QED) is 0.319. The van der Waals surface area contributed by atoms with E-state index in [0.29, 0.717) is 41.1 Å². The van der Waals surface area contributed by atoms with E-state index < -0.39 is 9.84 Å². The fourth-order valence-corrected chi connectivity index (χ4v) is 7.31. The van der Waals surface area contributed by atoms with E-state index in [0.717, 1.165) is 24.7 Å². The van der Waals surface area contributed by atoms with Crippen LogP contribution in [-0.4, -0.2) is 77.5 Å². The Morgan fingerprint density at radius 1 is 1.00 bits per heavy atom. The summed E-state index contributed by atoms with van der Waals surface area (Å²) in [6.45, 7) is 0. The first-order chi connectivity index (χ1) is 19.8. The highest BCUT2D eigenvalue weighted by Crippen LogP contribution is 2.45. The lowest BCUT2D eigenvalue weighted by atomic mass is 9.87. The van der Waals surface area contributed by atoms with Crippen molar-refractivity contribution in [2.75, 3.05) is 12.0 Å². The summed E-state index contributed by atoms with van der Waals surface area (Å²) in [4.78, 5) is 29.0. The Bertz CT molecular complexity index is 1860. The number of carbonyl (C=O) groups is 1. The number of rotatable bonds is 5. The van der Waals surface area contributed by atoms with Gasteiger partial charge in [0.15, 0.2) is 27.0 Å². The van der Waals surface area contributed by atoms with E-state index in [4.69, 9.17) is 10.7 Å². The van der Waals surface area contributed by atoms with E-state index >= 15 is 0 Å². The van der Waals surface area contributed by atoms with Gasteiger partial charge in [-0.3, -0.25) is 4.79 Å². The lowest BCUT2D eigenvalue weighted by Crippen LogP contribution is -2.46. The fraction of sp³-hybridized carbons (Fsp3) is 0.296. The molecule has 2 aliphatic rings. The fourth-order valence-electron chi connectivity index (χ4n) is 6.25. The molecule has 7 rings (SSSR count). The second-order valence-corrected chi connectivity index (χ2v) is 12.5. The molecule has 208 valence electrons. The number of aromatic amines is 1. The van der Waals surface area contributed by atoms with E-state index in [1.807, 2.05) is 35.2 Å². The Morgan fingerprint density at radius 3 is 2.34 bits per heavy atom. The van der Waals surface area contributed by atoms with E-state index in [1.54, 1.807) is 18.6 Å². The van der Waals surface area contributed by atoms with Crippen molar-refractivity contribution in [1.82, 2.24) is 44.9 Å². The molecule has 41 heavy (non-hydrogen) atoms. The molecule has 0 aliphatic carbocycles. The van der Waals surface area contributed by atoms with Crippen LogP contribution in [0.5, 0.6) is 0 Å². The van der Waals surface area contributed by atoms with Gasteiger partial charge in [0.2, 0.25) is 0 Å². The summed E-state index contributed by atoms with van der Waals surface area (Å²) in [6.07, 6.45) is 10.3. The van der Waals surface area contributed by atoms with Crippen molar-refractivity contribution < 1.29 is 13.2 Å². The molecule has 3 N–H and O–H groups in total. The van der Waals surface area contributed by atoms with Gasteiger partial charge >= 0.3 is 0 Å². The third-order valence-corrected chi connectivity index (χ3v) is 9.18. The molecule has 14 heteroatoms. The normalized spacial score (nSPS) is 20.5. The number of amides is 1. The largest absolute Gasteiger partial charge is 0.382 e. The molecule has 2 saturated heterocycles. The van der Waals surface area contributed by atoms with Crippen LogP contribution in [0, 0.1) is 0 Å². The number of nitrogens with zero attached hydrogens (tertiary/aromatic N) is 8. The van der Waals surface area contributed by atoms with Gasteiger partial charge in [-0.15, -0.1) is 0 Å². The summed E-state index contributed by atoms with van der Waals surface area (Å²) >= 11 is 0. The Kier molecular flexibility index (Phi) is 5.81. The average molecular weight is 571 g/mol. The summed E-state index contributed by atoms with van der Waals surface area (Å²) in [5.41, 5.74) is 9.81. The number of anilines is 1. The smallest absolute Gasteiger partial charge is 0.276 e. The minimum absolute atomic E-state index is 0.00836. The standard InChI is InChI=1S/C27H26N10O3S/c1-41(39,40)23-22(16-9-18-7-8-19(10-16)36(18)27(38)21-14-31-35-34-21)33-26-20(13-32-37(26)24(23)28)17-11-29-25(30-12-17)15-5-3-2-4-6-15/h2-6,11-14,16,18-19H,7-10,28H2,1H3,(H,31,34,35)/t16-,18+,19-. The molecule has 6 heterocycles. The number of hydrogen-bond donors (Lipinski definition) is 2. The monoisotopic (exact) mass is 570 g/mol. The zero-order chi connectivity index (χ0) is 28.3. The molecular formula is C27H26N10O3S. The average Bonchev–Trinajstić information content (AvgIpc) is 3.71. The van der Waals surface area contributed by atoms with E-state index in [1.165, 1.54) is 10.7 Å². The Morgan fingerprint density at radius 2 is 1.71 bits per heavy atom. The molecule has 2 fully saturated rings. The van der Waals surface area contributed by atoms with Crippen LogP contribution in [0.15, 0.2) is 60.0 Å². The van der Waals surface area contributed by atoms with Gasteiger partial charge in [0.25, 0.3) is 5.91 Å². The molecule has 0 saturated carbocycles. The van der Waals surface area contributed by atoms with Crippen molar-refractivity contribution in [3.8, 4) is 22.5 Å². The number of piperidine rings is 1. The minimum atomic E-state index is -3.75. The second kappa shape index (κ2) is 9.44. The van der Waals surface area contributed by atoms with Crippen molar-refractivity contribution in [2.24, 2.45) is 0 Å². The van der Waals surface area contributed by atoms with Crippen molar-refractivity contribution in [1.29, 1.82) is 0 Å². The molecule has 1 amide bonds. The van der Waals surface area contributed by atoms with Crippen LogP contribution in [0.1, 0.15) is 47.8 Å². The molecule has 0 spiro atoms. The molecule has 0 unspecified atom stereocenters. The molecule has 1 aromatic carbocycles. The topological polar surface area (TPSA) is 178 Å². The number of nitrogens with two attached hydrogens (primary N) is 1. The van der Waals surface area contributed by atoms with Crippen LogP contribution in [0.4, 0.5) is 5.82 Å². The van der Waals surface area contributed by atoms with Gasteiger partial charge in [-0.25, -0.2) is 23.4 Å².